The Hall–Kier alpha value is -1.97. The van der Waals surface area contributed by atoms with Crippen molar-refractivity contribution in [2.45, 2.75) is 13.3 Å². The van der Waals surface area contributed by atoms with Crippen molar-refractivity contribution in [1.82, 2.24) is 0 Å². The van der Waals surface area contributed by atoms with Gasteiger partial charge in [0.1, 0.15) is 11.5 Å². The summed E-state index contributed by atoms with van der Waals surface area (Å²) in [5.74, 6) is 0.441. The molecule has 0 atom stereocenters. The highest BCUT2D eigenvalue weighted by Crippen LogP contribution is 2.24. The summed E-state index contributed by atoms with van der Waals surface area (Å²) >= 11 is 0. The third kappa shape index (κ3) is 4.18. The number of ether oxygens (including phenoxy) is 2. The molecule has 0 saturated carbocycles. The minimum atomic E-state index is -0.263. The molecule has 0 aromatic heterocycles. The molecule has 17 heavy (non-hydrogen) atoms. The van der Waals surface area contributed by atoms with Crippen LogP contribution in [0.3, 0.4) is 0 Å². The van der Waals surface area contributed by atoms with E-state index in [2.05, 4.69) is 0 Å². The third-order valence-corrected chi connectivity index (χ3v) is 2.10. The van der Waals surface area contributed by atoms with Crippen LogP contribution < -0.4 is 4.74 Å². The summed E-state index contributed by atoms with van der Waals surface area (Å²) in [6.45, 7) is 2.15. The third-order valence-electron chi connectivity index (χ3n) is 2.10. The molecule has 0 aliphatic carbocycles. The Labute approximate surface area is 100 Å². The quantitative estimate of drug-likeness (QED) is 0.797. The van der Waals surface area contributed by atoms with Gasteiger partial charge in [-0.05, 0) is 19.1 Å². The van der Waals surface area contributed by atoms with Crippen molar-refractivity contribution in [2.75, 3.05) is 13.7 Å². The second-order valence-electron chi connectivity index (χ2n) is 3.34. The summed E-state index contributed by atoms with van der Waals surface area (Å²) < 4.78 is 9.90. The van der Waals surface area contributed by atoms with Crippen molar-refractivity contribution in [3.05, 3.63) is 29.8 Å². The highest BCUT2D eigenvalue weighted by Gasteiger charge is 2.01. The van der Waals surface area contributed by atoms with Crippen molar-refractivity contribution < 1.29 is 19.4 Å². The van der Waals surface area contributed by atoms with Gasteiger partial charge in [0.15, 0.2) is 0 Å². The van der Waals surface area contributed by atoms with Gasteiger partial charge >= 0.3 is 5.97 Å². The Bertz CT molecular complexity index is 410. The van der Waals surface area contributed by atoms with Crippen LogP contribution in [0.2, 0.25) is 0 Å². The average Bonchev–Trinajstić information content (AvgIpc) is 2.31. The molecule has 0 fully saturated rings. The lowest BCUT2D eigenvalue weighted by molar-refractivity contribution is -0.142. The van der Waals surface area contributed by atoms with Gasteiger partial charge in [-0.1, -0.05) is 12.2 Å². The van der Waals surface area contributed by atoms with Gasteiger partial charge in [0.05, 0.1) is 20.1 Å². The van der Waals surface area contributed by atoms with E-state index in [1.807, 2.05) is 0 Å². The molecule has 0 aliphatic heterocycles. The maximum Gasteiger partial charge on any atom is 0.309 e. The number of aromatic hydroxyl groups is 1. The number of esters is 1. The molecule has 1 aromatic rings. The topological polar surface area (TPSA) is 55.8 Å². The molecule has 4 heteroatoms. The monoisotopic (exact) mass is 236 g/mol. The molecule has 0 heterocycles. The number of hydrogen-bond donors (Lipinski definition) is 1. The average molecular weight is 236 g/mol. The Balaban J connectivity index is 2.67. The Kier molecular flexibility index (Phi) is 5.07. The highest BCUT2D eigenvalue weighted by molar-refractivity contribution is 5.73. The van der Waals surface area contributed by atoms with Crippen molar-refractivity contribution in [3.8, 4) is 11.5 Å². The number of phenols is 1. The first-order valence-corrected chi connectivity index (χ1v) is 5.36. The molecule has 92 valence electrons. The zero-order chi connectivity index (χ0) is 12.7. The summed E-state index contributed by atoms with van der Waals surface area (Å²) in [4.78, 5) is 11.1. The van der Waals surface area contributed by atoms with Crippen molar-refractivity contribution in [1.29, 1.82) is 0 Å². The van der Waals surface area contributed by atoms with Gasteiger partial charge in [-0.3, -0.25) is 4.79 Å². The first-order valence-electron chi connectivity index (χ1n) is 5.36. The lowest BCUT2D eigenvalue weighted by Gasteiger charge is -2.04. The minimum Gasteiger partial charge on any atom is -0.508 e. The Morgan fingerprint density at radius 3 is 2.88 bits per heavy atom. The van der Waals surface area contributed by atoms with Crippen LogP contribution in [-0.2, 0) is 9.53 Å². The largest absolute Gasteiger partial charge is 0.508 e. The van der Waals surface area contributed by atoms with Gasteiger partial charge in [0.2, 0.25) is 0 Å². The first-order chi connectivity index (χ1) is 8.17. The van der Waals surface area contributed by atoms with Crippen LogP contribution in [0.15, 0.2) is 24.3 Å². The number of carbonyl (C=O) groups is 1. The molecule has 0 unspecified atom stereocenters. The van der Waals surface area contributed by atoms with Gasteiger partial charge in [-0.25, -0.2) is 0 Å². The number of benzene rings is 1. The second-order valence-corrected chi connectivity index (χ2v) is 3.34. The number of rotatable bonds is 5. The first kappa shape index (κ1) is 13.1. The van der Waals surface area contributed by atoms with Crippen LogP contribution in [0.4, 0.5) is 0 Å². The predicted molar refractivity (Wildman–Crippen MR) is 64.9 cm³/mol. The summed E-state index contributed by atoms with van der Waals surface area (Å²) in [7, 11) is 1.53. The zero-order valence-corrected chi connectivity index (χ0v) is 9.97. The summed E-state index contributed by atoms with van der Waals surface area (Å²) in [6, 6.07) is 4.80. The lowest BCUT2D eigenvalue weighted by Crippen LogP contribution is -2.01. The SMILES string of the molecule is CCOC(=O)CC=Cc1ccc(O)cc1OC. The van der Waals surface area contributed by atoms with Crippen LogP contribution in [0.1, 0.15) is 18.9 Å². The van der Waals surface area contributed by atoms with E-state index in [0.29, 0.717) is 12.4 Å². The predicted octanol–water partition coefficient (Wildman–Crippen LogP) is 2.37. The van der Waals surface area contributed by atoms with Crippen LogP contribution in [-0.4, -0.2) is 24.8 Å². The molecular formula is C13H16O4. The molecule has 4 nitrogen and oxygen atoms in total. The van der Waals surface area contributed by atoms with Gasteiger partial charge in [-0.15, -0.1) is 0 Å². The normalized spacial score (nSPS) is 10.5. The van der Waals surface area contributed by atoms with Gasteiger partial charge < -0.3 is 14.6 Å². The fourth-order valence-corrected chi connectivity index (χ4v) is 1.34. The molecule has 0 aliphatic rings. The summed E-state index contributed by atoms with van der Waals surface area (Å²) in [5.41, 5.74) is 0.801. The standard InChI is InChI=1S/C13H16O4/c1-3-17-13(15)6-4-5-10-7-8-11(14)9-12(10)16-2/h4-5,7-9,14H,3,6H2,1-2H3. The Morgan fingerprint density at radius 2 is 2.24 bits per heavy atom. The van der Waals surface area contributed by atoms with E-state index in [0.717, 1.165) is 5.56 Å². The highest BCUT2D eigenvalue weighted by atomic mass is 16.5. The van der Waals surface area contributed by atoms with Crippen LogP contribution >= 0.6 is 0 Å². The molecule has 0 amide bonds. The number of carbonyl (C=O) groups excluding carboxylic acids is 1. The molecule has 0 saturated heterocycles. The molecule has 1 rings (SSSR count). The van der Waals surface area contributed by atoms with Crippen molar-refractivity contribution >= 4 is 12.0 Å². The number of methoxy groups -OCH3 is 1. The van der Waals surface area contributed by atoms with Crippen molar-refractivity contribution in [2.24, 2.45) is 0 Å². The van der Waals surface area contributed by atoms with E-state index < -0.39 is 0 Å². The molecular weight excluding hydrogens is 220 g/mol. The fourth-order valence-electron chi connectivity index (χ4n) is 1.34. The molecule has 1 N–H and O–H groups in total. The van der Waals surface area contributed by atoms with Gasteiger partial charge in [0.25, 0.3) is 0 Å². The van der Waals surface area contributed by atoms with E-state index in [4.69, 9.17) is 9.47 Å². The van der Waals surface area contributed by atoms with Gasteiger partial charge in [-0.2, -0.15) is 0 Å². The number of phenolic OH excluding ortho intramolecular Hbond substituents is 1. The zero-order valence-electron chi connectivity index (χ0n) is 9.97. The minimum absolute atomic E-state index is 0.143. The van der Waals surface area contributed by atoms with E-state index in [1.165, 1.54) is 13.2 Å². The Morgan fingerprint density at radius 1 is 1.47 bits per heavy atom. The number of hydrogen-bond acceptors (Lipinski definition) is 4. The van der Waals surface area contributed by atoms with E-state index in [1.54, 1.807) is 31.2 Å². The van der Waals surface area contributed by atoms with Crippen molar-refractivity contribution in [3.63, 3.8) is 0 Å². The maximum atomic E-state index is 11.1. The van der Waals surface area contributed by atoms with E-state index in [9.17, 15) is 9.90 Å². The maximum absolute atomic E-state index is 11.1. The second kappa shape index (κ2) is 6.58. The van der Waals surface area contributed by atoms with E-state index >= 15 is 0 Å². The summed E-state index contributed by atoms with van der Waals surface area (Å²) in [6.07, 6.45) is 3.68. The van der Waals surface area contributed by atoms with E-state index in [-0.39, 0.29) is 18.1 Å². The lowest BCUT2D eigenvalue weighted by atomic mass is 10.1. The molecule has 0 spiro atoms. The smallest absolute Gasteiger partial charge is 0.309 e. The molecule has 0 bridgehead atoms. The fraction of sp³-hybridized carbons (Fsp3) is 0.308. The molecule has 1 aromatic carbocycles. The molecule has 0 radical (unpaired) electrons. The van der Waals surface area contributed by atoms with Crippen LogP contribution in [0, 0.1) is 0 Å². The van der Waals surface area contributed by atoms with Crippen LogP contribution in [0.5, 0.6) is 11.5 Å². The van der Waals surface area contributed by atoms with Crippen LogP contribution in [0.25, 0.3) is 6.08 Å². The van der Waals surface area contributed by atoms with Gasteiger partial charge in [0, 0.05) is 11.6 Å². The summed E-state index contributed by atoms with van der Waals surface area (Å²) in [5, 5.41) is 9.27.